The SMILES string of the molecule is CC(NC(=O)C(N)CCCN=C(N)N)C(=O)NC(CCC(=O)O)C(=O)N1CCCC1C(=O)O. The Morgan fingerprint density at radius 1 is 1.09 bits per heavy atom. The summed E-state index contributed by atoms with van der Waals surface area (Å²) in [6.45, 7) is 1.87. The van der Waals surface area contributed by atoms with Gasteiger partial charge in [0.05, 0.1) is 6.04 Å². The van der Waals surface area contributed by atoms with E-state index in [9.17, 15) is 29.1 Å². The van der Waals surface area contributed by atoms with Crippen LogP contribution in [0.15, 0.2) is 4.99 Å². The van der Waals surface area contributed by atoms with E-state index >= 15 is 0 Å². The highest BCUT2D eigenvalue weighted by atomic mass is 16.4. The molecule has 1 rings (SSSR count). The fourth-order valence-corrected chi connectivity index (χ4v) is 3.35. The lowest BCUT2D eigenvalue weighted by Gasteiger charge is -2.28. The van der Waals surface area contributed by atoms with E-state index in [2.05, 4.69) is 15.6 Å². The van der Waals surface area contributed by atoms with Gasteiger partial charge in [-0.05, 0) is 39.0 Å². The van der Waals surface area contributed by atoms with E-state index in [0.29, 0.717) is 19.4 Å². The lowest BCUT2D eigenvalue weighted by molar-refractivity contribution is -0.150. The number of amides is 3. The number of hydrogen-bond donors (Lipinski definition) is 7. The normalized spacial score (nSPS) is 18.0. The molecule has 4 unspecified atom stereocenters. The van der Waals surface area contributed by atoms with Gasteiger partial charge in [0, 0.05) is 19.5 Å². The third kappa shape index (κ3) is 9.31. The minimum absolute atomic E-state index is 0.0751. The van der Waals surface area contributed by atoms with Crippen molar-refractivity contribution in [1.82, 2.24) is 15.5 Å². The van der Waals surface area contributed by atoms with Crippen molar-refractivity contribution in [1.29, 1.82) is 0 Å². The number of nitrogens with zero attached hydrogens (tertiary/aromatic N) is 2. The van der Waals surface area contributed by atoms with Gasteiger partial charge < -0.3 is 42.9 Å². The van der Waals surface area contributed by atoms with Crippen LogP contribution < -0.4 is 27.8 Å². The first-order chi connectivity index (χ1) is 15.4. The van der Waals surface area contributed by atoms with E-state index < -0.39 is 60.2 Å². The Kier molecular flexibility index (Phi) is 11.0. The molecule has 186 valence electrons. The van der Waals surface area contributed by atoms with Crippen LogP contribution in [0.3, 0.4) is 0 Å². The molecule has 0 bridgehead atoms. The van der Waals surface area contributed by atoms with E-state index in [1.807, 2.05) is 0 Å². The number of aliphatic carboxylic acids is 2. The van der Waals surface area contributed by atoms with Gasteiger partial charge in [-0.25, -0.2) is 4.79 Å². The van der Waals surface area contributed by atoms with Crippen molar-refractivity contribution in [3.63, 3.8) is 0 Å². The molecule has 0 aliphatic carbocycles. The summed E-state index contributed by atoms with van der Waals surface area (Å²) < 4.78 is 0. The highest BCUT2D eigenvalue weighted by Crippen LogP contribution is 2.19. The van der Waals surface area contributed by atoms with Gasteiger partial charge >= 0.3 is 11.9 Å². The Morgan fingerprint density at radius 3 is 2.33 bits per heavy atom. The van der Waals surface area contributed by atoms with Crippen molar-refractivity contribution in [2.24, 2.45) is 22.2 Å². The summed E-state index contributed by atoms with van der Waals surface area (Å²) in [5.74, 6) is -4.42. The van der Waals surface area contributed by atoms with Crippen molar-refractivity contribution >= 4 is 35.6 Å². The maximum absolute atomic E-state index is 12.9. The molecule has 0 aromatic rings. The van der Waals surface area contributed by atoms with Crippen LogP contribution >= 0.6 is 0 Å². The third-order valence-corrected chi connectivity index (χ3v) is 5.14. The molecule has 1 fully saturated rings. The Balaban J connectivity index is 2.72. The van der Waals surface area contributed by atoms with Crippen LogP contribution in [0.5, 0.6) is 0 Å². The first-order valence-electron chi connectivity index (χ1n) is 10.6. The van der Waals surface area contributed by atoms with Crippen LogP contribution in [0.4, 0.5) is 0 Å². The molecule has 1 heterocycles. The summed E-state index contributed by atoms with van der Waals surface area (Å²) >= 11 is 0. The molecular formula is C19H33N7O7. The van der Waals surface area contributed by atoms with Gasteiger partial charge in [-0.3, -0.25) is 24.2 Å². The molecule has 1 aliphatic heterocycles. The topological polar surface area (TPSA) is 244 Å². The Bertz CT molecular complexity index is 770. The molecular weight excluding hydrogens is 438 g/mol. The zero-order valence-electron chi connectivity index (χ0n) is 18.5. The second-order valence-electron chi connectivity index (χ2n) is 7.81. The van der Waals surface area contributed by atoms with Crippen LogP contribution in [0.2, 0.25) is 0 Å². The summed E-state index contributed by atoms with van der Waals surface area (Å²) in [5.41, 5.74) is 16.2. The van der Waals surface area contributed by atoms with E-state index in [1.165, 1.54) is 6.92 Å². The van der Waals surface area contributed by atoms with Gasteiger partial charge in [-0.2, -0.15) is 0 Å². The van der Waals surface area contributed by atoms with Crippen LogP contribution in [-0.4, -0.2) is 88.0 Å². The van der Waals surface area contributed by atoms with Gasteiger partial charge in [0.15, 0.2) is 5.96 Å². The maximum atomic E-state index is 12.9. The summed E-state index contributed by atoms with van der Waals surface area (Å²) in [6.07, 6.45) is 0.822. The van der Waals surface area contributed by atoms with E-state index in [4.69, 9.17) is 22.3 Å². The summed E-state index contributed by atoms with van der Waals surface area (Å²) in [4.78, 5) is 65.0. The number of carboxylic acids is 2. The molecule has 3 amide bonds. The number of carbonyl (C=O) groups excluding carboxylic acids is 3. The number of likely N-dealkylation sites (tertiary alicyclic amines) is 1. The molecule has 14 heteroatoms. The first kappa shape index (κ1) is 27.6. The molecule has 0 saturated carbocycles. The highest BCUT2D eigenvalue weighted by Gasteiger charge is 2.38. The number of nitrogens with two attached hydrogens (primary N) is 3. The minimum atomic E-state index is -1.25. The summed E-state index contributed by atoms with van der Waals surface area (Å²) in [5, 5.41) is 23.1. The monoisotopic (exact) mass is 471 g/mol. The third-order valence-electron chi connectivity index (χ3n) is 5.14. The molecule has 1 saturated heterocycles. The lowest BCUT2D eigenvalue weighted by atomic mass is 10.1. The van der Waals surface area contributed by atoms with E-state index in [1.54, 1.807) is 0 Å². The van der Waals surface area contributed by atoms with Crippen LogP contribution in [0, 0.1) is 0 Å². The Labute approximate surface area is 190 Å². The largest absolute Gasteiger partial charge is 0.481 e. The van der Waals surface area contributed by atoms with Gasteiger partial charge in [0.25, 0.3) is 0 Å². The molecule has 0 aromatic carbocycles. The maximum Gasteiger partial charge on any atom is 0.326 e. The second kappa shape index (κ2) is 13.2. The number of carbonyl (C=O) groups is 5. The van der Waals surface area contributed by atoms with Gasteiger partial charge in [-0.1, -0.05) is 0 Å². The Morgan fingerprint density at radius 2 is 1.76 bits per heavy atom. The summed E-state index contributed by atoms with van der Waals surface area (Å²) in [6, 6.07) is -4.27. The zero-order valence-corrected chi connectivity index (χ0v) is 18.5. The van der Waals surface area contributed by atoms with Crippen molar-refractivity contribution in [3.05, 3.63) is 0 Å². The Hall–Kier alpha value is -3.42. The highest BCUT2D eigenvalue weighted by molar-refractivity contribution is 5.94. The van der Waals surface area contributed by atoms with Crippen molar-refractivity contribution in [2.45, 2.75) is 69.6 Å². The smallest absolute Gasteiger partial charge is 0.326 e. The molecule has 0 spiro atoms. The molecule has 4 atom stereocenters. The number of hydrogen-bond acceptors (Lipinski definition) is 7. The van der Waals surface area contributed by atoms with E-state index in [0.717, 1.165) is 4.90 Å². The quantitative estimate of drug-likeness (QED) is 0.0831. The second-order valence-corrected chi connectivity index (χ2v) is 7.81. The van der Waals surface area contributed by atoms with Gasteiger partial charge in [-0.15, -0.1) is 0 Å². The standard InChI is InChI=1S/C19H33N7O7/c1-10(24-16(30)11(20)4-2-8-23-19(21)22)15(29)25-12(6-7-14(27)28)17(31)26-9-3-5-13(26)18(32)33/h10-13H,2-9,20H2,1H3,(H,24,30)(H,25,29)(H,27,28)(H,32,33)(H4,21,22,23). The number of aliphatic imine (C=N–C) groups is 1. The molecule has 1 aliphatic rings. The minimum Gasteiger partial charge on any atom is -0.481 e. The van der Waals surface area contributed by atoms with Crippen molar-refractivity contribution in [3.8, 4) is 0 Å². The van der Waals surface area contributed by atoms with Crippen molar-refractivity contribution < 1.29 is 34.2 Å². The fraction of sp³-hybridized carbons (Fsp3) is 0.684. The molecule has 14 nitrogen and oxygen atoms in total. The number of rotatable bonds is 13. The predicted molar refractivity (Wildman–Crippen MR) is 117 cm³/mol. The number of guanidine groups is 1. The molecule has 0 aromatic heterocycles. The van der Waals surface area contributed by atoms with Crippen molar-refractivity contribution in [2.75, 3.05) is 13.1 Å². The molecule has 0 radical (unpaired) electrons. The average Bonchev–Trinajstić information content (AvgIpc) is 3.23. The van der Waals surface area contributed by atoms with Gasteiger partial charge in [0.2, 0.25) is 17.7 Å². The molecule has 10 N–H and O–H groups in total. The first-order valence-corrected chi connectivity index (χ1v) is 10.6. The van der Waals surface area contributed by atoms with E-state index in [-0.39, 0.29) is 31.8 Å². The zero-order chi connectivity index (χ0) is 25.1. The van der Waals surface area contributed by atoms with Gasteiger partial charge in [0.1, 0.15) is 18.1 Å². The van der Waals surface area contributed by atoms with Crippen LogP contribution in [0.25, 0.3) is 0 Å². The molecule has 33 heavy (non-hydrogen) atoms. The average molecular weight is 472 g/mol. The lowest BCUT2D eigenvalue weighted by Crippen LogP contribution is -2.56. The van der Waals surface area contributed by atoms with Crippen LogP contribution in [-0.2, 0) is 24.0 Å². The fourth-order valence-electron chi connectivity index (χ4n) is 3.35. The number of carboxylic acid groups (broad SMARTS) is 2. The van der Waals surface area contributed by atoms with Crippen LogP contribution in [0.1, 0.15) is 45.4 Å². The predicted octanol–water partition coefficient (Wildman–Crippen LogP) is -2.70. The number of nitrogens with one attached hydrogen (secondary N) is 2. The summed E-state index contributed by atoms with van der Waals surface area (Å²) in [7, 11) is 0.